The van der Waals surface area contributed by atoms with Crippen molar-refractivity contribution in [1.29, 1.82) is 0 Å². The van der Waals surface area contributed by atoms with Crippen LogP contribution in [-0.2, 0) is 0 Å². The highest BCUT2D eigenvalue weighted by atomic mass is 16.5. The Bertz CT molecular complexity index is 2970. The van der Waals surface area contributed by atoms with Crippen molar-refractivity contribution in [3.63, 3.8) is 0 Å². The standard InChI is InChI=1S/C57H44N2O/c1-37(2)55(45-31-27-41(28-32-45)40-17-8-5-9-18-40)59-52(35-38(3)39-15-6-4-7-16-39)44-29-25-42(26-30-44)46-33-34-51-50(36-46)57-54(49-22-12-13-24-53(49)60-57)56(58-51)48-23-14-20-43-19-10-11-21-47(43)48/h4-36,54-55,57H,1H2,2-3H3/b38-35+,59-52+. The van der Waals surface area contributed by atoms with Gasteiger partial charge in [-0.15, -0.1) is 0 Å². The Labute approximate surface area is 352 Å². The molecule has 3 nitrogen and oxygen atoms in total. The Balaban J connectivity index is 1.02. The molecule has 8 aromatic carbocycles. The fourth-order valence-corrected chi connectivity index (χ4v) is 8.80. The summed E-state index contributed by atoms with van der Waals surface area (Å²) in [6, 6.07) is 68.4. The number of para-hydroxylation sites is 1. The summed E-state index contributed by atoms with van der Waals surface area (Å²) in [7, 11) is 0. The van der Waals surface area contributed by atoms with Gasteiger partial charge in [0.25, 0.3) is 0 Å². The van der Waals surface area contributed by atoms with Crippen molar-refractivity contribution < 1.29 is 4.74 Å². The molecule has 0 aliphatic carbocycles. The van der Waals surface area contributed by atoms with Crippen LogP contribution in [0.15, 0.2) is 222 Å². The van der Waals surface area contributed by atoms with Crippen molar-refractivity contribution in [1.82, 2.24) is 0 Å². The van der Waals surface area contributed by atoms with E-state index in [-0.39, 0.29) is 18.1 Å². The van der Waals surface area contributed by atoms with Gasteiger partial charge in [0, 0.05) is 16.7 Å². The number of aliphatic imine (C=N–C) groups is 2. The molecule has 288 valence electrons. The number of ether oxygens (including phenoxy) is 1. The lowest BCUT2D eigenvalue weighted by atomic mass is 9.80. The SMILES string of the molecule is C=C(C)C(/N=C(\C=C(/C)c1ccccc1)c1ccc(-c2ccc3c(c2)C2Oc4ccccc4C2C(c2cccc4ccccc24)=N3)cc1)c1ccc(-c2ccccc2)cc1. The van der Waals surface area contributed by atoms with Crippen molar-refractivity contribution in [2.24, 2.45) is 9.98 Å². The summed E-state index contributed by atoms with van der Waals surface area (Å²) in [5, 5.41) is 2.41. The lowest BCUT2D eigenvalue weighted by Gasteiger charge is -2.28. The van der Waals surface area contributed by atoms with E-state index >= 15 is 0 Å². The topological polar surface area (TPSA) is 34.0 Å². The maximum Gasteiger partial charge on any atom is 0.138 e. The summed E-state index contributed by atoms with van der Waals surface area (Å²) in [5.74, 6) is 0.903. The predicted octanol–water partition coefficient (Wildman–Crippen LogP) is 14.7. The molecule has 0 spiro atoms. The van der Waals surface area contributed by atoms with Crippen LogP contribution >= 0.6 is 0 Å². The summed E-state index contributed by atoms with van der Waals surface area (Å²) in [6.45, 7) is 8.63. The van der Waals surface area contributed by atoms with Gasteiger partial charge in [-0.2, -0.15) is 0 Å². The number of fused-ring (bicyclic) bond motifs is 6. The zero-order chi connectivity index (χ0) is 40.6. The molecule has 0 N–H and O–H groups in total. The molecule has 10 rings (SSSR count). The molecular formula is C57H44N2O. The average Bonchev–Trinajstić information content (AvgIpc) is 3.71. The zero-order valence-corrected chi connectivity index (χ0v) is 33.8. The third-order valence-corrected chi connectivity index (χ3v) is 11.9. The van der Waals surface area contributed by atoms with Gasteiger partial charge in [-0.25, -0.2) is 0 Å². The first-order valence-corrected chi connectivity index (χ1v) is 20.7. The monoisotopic (exact) mass is 772 g/mol. The Morgan fingerprint density at radius 2 is 1.23 bits per heavy atom. The first-order valence-electron chi connectivity index (χ1n) is 20.7. The second-order valence-electron chi connectivity index (χ2n) is 15.9. The van der Waals surface area contributed by atoms with Crippen LogP contribution in [0.3, 0.4) is 0 Å². The number of hydrogen-bond donors (Lipinski definition) is 0. The van der Waals surface area contributed by atoms with Crippen LogP contribution in [0.5, 0.6) is 5.75 Å². The van der Waals surface area contributed by atoms with E-state index in [1.165, 1.54) is 27.5 Å². The van der Waals surface area contributed by atoms with Gasteiger partial charge < -0.3 is 4.74 Å². The maximum absolute atomic E-state index is 6.83. The second-order valence-corrected chi connectivity index (χ2v) is 15.9. The van der Waals surface area contributed by atoms with E-state index < -0.39 is 0 Å². The molecule has 8 aromatic rings. The molecule has 3 atom stereocenters. The summed E-state index contributed by atoms with van der Waals surface area (Å²) in [5.41, 5.74) is 16.4. The fourth-order valence-electron chi connectivity index (χ4n) is 8.80. The smallest absolute Gasteiger partial charge is 0.138 e. The summed E-state index contributed by atoms with van der Waals surface area (Å²) in [4.78, 5) is 10.9. The van der Waals surface area contributed by atoms with Gasteiger partial charge in [0.1, 0.15) is 11.9 Å². The quantitative estimate of drug-likeness (QED) is 0.106. The van der Waals surface area contributed by atoms with E-state index in [9.17, 15) is 0 Å². The maximum atomic E-state index is 6.83. The van der Waals surface area contributed by atoms with Crippen LogP contribution in [0.25, 0.3) is 38.6 Å². The number of rotatable bonds is 9. The molecule has 0 aromatic heterocycles. The van der Waals surface area contributed by atoms with Crippen LogP contribution in [0, 0.1) is 0 Å². The number of benzene rings is 8. The minimum atomic E-state index is -0.215. The molecular weight excluding hydrogens is 729 g/mol. The van der Waals surface area contributed by atoms with Gasteiger partial charge in [0.2, 0.25) is 0 Å². The average molecular weight is 773 g/mol. The molecule has 60 heavy (non-hydrogen) atoms. The highest BCUT2D eigenvalue weighted by Gasteiger charge is 2.43. The number of nitrogens with zero attached hydrogens (tertiary/aromatic N) is 2. The molecule has 2 aliphatic rings. The molecule has 3 heteroatoms. The minimum Gasteiger partial charge on any atom is -0.484 e. The Morgan fingerprint density at radius 3 is 2.02 bits per heavy atom. The molecule has 2 aliphatic heterocycles. The molecule has 0 amide bonds. The Kier molecular flexibility index (Phi) is 9.71. The lowest BCUT2D eigenvalue weighted by Crippen LogP contribution is -2.23. The highest BCUT2D eigenvalue weighted by molar-refractivity contribution is 6.16. The molecule has 0 radical (unpaired) electrons. The highest BCUT2D eigenvalue weighted by Crippen LogP contribution is 2.53. The van der Waals surface area contributed by atoms with E-state index in [2.05, 4.69) is 215 Å². The van der Waals surface area contributed by atoms with Crippen molar-refractivity contribution in [2.75, 3.05) is 0 Å². The van der Waals surface area contributed by atoms with Gasteiger partial charge in [0.05, 0.1) is 29.1 Å². The van der Waals surface area contributed by atoms with Crippen molar-refractivity contribution in [3.8, 4) is 28.0 Å². The van der Waals surface area contributed by atoms with Gasteiger partial charge in [0.15, 0.2) is 0 Å². The van der Waals surface area contributed by atoms with Gasteiger partial charge >= 0.3 is 0 Å². The molecule has 2 heterocycles. The van der Waals surface area contributed by atoms with E-state index in [4.69, 9.17) is 14.7 Å². The van der Waals surface area contributed by atoms with E-state index in [1.807, 2.05) is 6.07 Å². The molecule has 0 saturated heterocycles. The number of hydrogen-bond acceptors (Lipinski definition) is 3. The van der Waals surface area contributed by atoms with Crippen LogP contribution < -0.4 is 4.74 Å². The van der Waals surface area contributed by atoms with Crippen molar-refractivity contribution in [2.45, 2.75) is 31.9 Å². The Morgan fingerprint density at radius 1 is 0.600 bits per heavy atom. The summed E-state index contributed by atoms with van der Waals surface area (Å²) >= 11 is 0. The summed E-state index contributed by atoms with van der Waals surface area (Å²) < 4.78 is 6.83. The van der Waals surface area contributed by atoms with E-state index in [0.29, 0.717) is 0 Å². The van der Waals surface area contributed by atoms with Gasteiger partial charge in [-0.05, 0) is 93.4 Å². The predicted molar refractivity (Wildman–Crippen MR) is 251 cm³/mol. The Hall–Kier alpha value is -7.36. The van der Waals surface area contributed by atoms with Crippen LogP contribution in [0.1, 0.15) is 65.3 Å². The molecule has 0 saturated carbocycles. The second kappa shape index (κ2) is 15.8. The minimum absolute atomic E-state index is 0.0219. The largest absolute Gasteiger partial charge is 0.484 e. The third kappa shape index (κ3) is 6.99. The van der Waals surface area contributed by atoms with Gasteiger partial charge in [-0.3, -0.25) is 9.98 Å². The van der Waals surface area contributed by atoms with Gasteiger partial charge in [-0.1, -0.05) is 188 Å². The molecule has 3 unspecified atom stereocenters. The first-order chi connectivity index (χ1) is 29.5. The van der Waals surface area contributed by atoms with Crippen LogP contribution in [0.2, 0.25) is 0 Å². The fraction of sp³-hybridized carbons (Fsp3) is 0.0877. The molecule has 0 fully saturated rings. The van der Waals surface area contributed by atoms with Crippen molar-refractivity contribution >= 4 is 33.5 Å². The summed E-state index contributed by atoms with van der Waals surface area (Å²) in [6.07, 6.45) is 2.02. The number of allylic oxidation sites excluding steroid dienone is 2. The lowest BCUT2D eigenvalue weighted by molar-refractivity contribution is 0.229. The van der Waals surface area contributed by atoms with Crippen LogP contribution in [-0.4, -0.2) is 11.4 Å². The first kappa shape index (κ1) is 36.9. The van der Waals surface area contributed by atoms with Crippen molar-refractivity contribution in [3.05, 3.63) is 246 Å². The van der Waals surface area contributed by atoms with E-state index in [0.717, 1.165) is 73.0 Å². The normalized spacial score (nSPS) is 16.3. The van der Waals surface area contributed by atoms with E-state index in [1.54, 1.807) is 0 Å². The van der Waals surface area contributed by atoms with Crippen LogP contribution in [0.4, 0.5) is 5.69 Å². The zero-order valence-electron chi connectivity index (χ0n) is 33.8. The molecule has 0 bridgehead atoms. The third-order valence-electron chi connectivity index (χ3n) is 11.9.